The van der Waals surface area contributed by atoms with Gasteiger partial charge in [0, 0.05) is 68.2 Å². The quantitative estimate of drug-likeness (QED) is 0.201. The summed E-state index contributed by atoms with van der Waals surface area (Å²) < 4.78 is 13.6. The van der Waals surface area contributed by atoms with Crippen molar-refractivity contribution in [1.82, 2.24) is 14.4 Å². The molecule has 2 aromatic carbocycles. The molecule has 2 saturated heterocycles. The highest BCUT2D eigenvalue weighted by molar-refractivity contribution is 5.97. The fourth-order valence-corrected chi connectivity index (χ4v) is 8.44. The number of methoxy groups -OCH3 is 2. The van der Waals surface area contributed by atoms with E-state index in [-0.39, 0.29) is 33.9 Å². The summed E-state index contributed by atoms with van der Waals surface area (Å²) in [5, 5.41) is 9.80. The van der Waals surface area contributed by atoms with E-state index in [0.29, 0.717) is 6.54 Å². The molecule has 270 valence electrons. The van der Waals surface area contributed by atoms with Crippen molar-refractivity contribution in [1.29, 1.82) is 5.26 Å². The van der Waals surface area contributed by atoms with Gasteiger partial charge in [0.15, 0.2) is 0 Å². The molecule has 1 unspecified atom stereocenters. The zero-order valence-electron chi connectivity index (χ0n) is 31.9. The Morgan fingerprint density at radius 2 is 1.71 bits per heavy atom. The Labute approximate surface area is 303 Å². The second-order valence-electron chi connectivity index (χ2n) is 16.0. The molecule has 0 aliphatic carbocycles. The van der Waals surface area contributed by atoms with Crippen LogP contribution in [-0.4, -0.2) is 67.2 Å². The van der Waals surface area contributed by atoms with E-state index in [4.69, 9.17) is 9.47 Å². The molecule has 0 saturated carbocycles. The van der Waals surface area contributed by atoms with Gasteiger partial charge in [0.25, 0.3) is 11.5 Å². The number of ether oxygens (including phenoxy) is 2. The van der Waals surface area contributed by atoms with Gasteiger partial charge in [-0.3, -0.25) is 14.5 Å². The number of aryl methyl sites for hydroxylation is 1. The number of amides is 1. The highest BCUT2D eigenvalue weighted by atomic mass is 16.5. The average Bonchev–Trinajstić information content (AvgIpc) is 3.72. The molecule has 51 heavy (non-hydrogen) atoms. The van der Waals surface area contributed by atoms with Crippen LogP contribution in [0.15, 0.2) is 53.0 Å². The van der Waals surface area contributed by atoms with Crippen molar-refractivity contribution in [3.8, 4) is 28.7 Å². The third-order valence-electron chi connectivity index (χ3n) is 11.4. The summed E-state index contributed by atoms with van der Waals surface area (Å²) in [5.74, 6) is 1.40. The number of anilines is 1. The maximum Gasteiger partial charge on any atom is 0.264 e. The lowest BCUT2D eigenvalue weighted by Gasteiger charge is -2.36. The van der Waals surface area contributed by atoms with Gasteiger partial charge in [-0.2, -0.15) is 5.26 Å². The molecule has 2 atom stereocenters. The normalized spacial score (nSPS) is 20.9. The molecule has 1 spiro atoms. The largest absolute Gasteiger partial charge is 0.496 e. The summed E-state index contributed by atoms with van der Waals surface area (Å²) in [6.45, 7) is 17.3. The van der Waals surface area contributed by atoms with Gasteiger partial charge in [0.05, 0.1) is 25.8 Å². The number of carbonyl (C=O) groups is 1. The molecule has 3 aliphatic heterocycles. The number of carbonyl (C=O) groups excluding carboxylic acids is 1. The van der Waals surface area contributed by atoms with Gasteiger partial charge in [-0.05, 0) is 98.5 Å². The van der Waals surface area contributed by atoms with E-state index in [1.165, 1.54) is 16.8 Å². The molecule has 6 rings (SSSR count). The van der Waals surface area contributed by atoms with E-state index in [9.17, 15) is 14.9 Å². The molecule has 3 aromatic rings. The fourth-order valence-electron chi connectivity index (χ4n) is 8.44. The van der Waals surface area contributed by atoms with Crippen molar-refractivity contribution in [2.75, 3.05) is 51.8 Å². The molecule has 9 heteroatoms. The standard InChI is InChI=1S/C42H53N5O4/c1-27-28(2)39(48)44(7)23-35(27)31-18-37(50-8)36(38(19-31)51-9)24-45-16-13-42(25-45)14-17-46(26-42)33-11-10-30-12-15-47(29(3)34(30)20-33)40(49)32(22-43)21-41(4,5)6/h10-11,18-21,23,29H,12-17,24-26H2,1-9H3/b32-21+/t29-,42?/m0/s1. The highest BCUT2D eigenvalue weighted by Gasteiger charge is 2.44. The molecule has 1 aromatic heterocycles. The van der Waals surface area contributed by atoms with E-state index in [1.54, 1.807) is 31.9 Å². The van der Waals surface area contributed by atoms with E-state index < -0.39 is 0 Å². The minimum atomic E-state index is -0.251. The molecule has 0 N–H and O–H groups in total. The third-order valence-corrected chi connectivity index (χ3v) is 11.4. The number of benzene rings is 2. The predicted octanol–water partition coefficient (Wildman–Crippen LogP) is 6.73. The van der Waals surface area contributed by atoms with E-state index in [2.05, 4.69) is 53.1 Å². The number of allylic oxidation sites excluding steroid dienone is 1. The second kappa shape index (κ2) is 13.9. The molecular weight excluding hydrogens is 638 g/mol. The summed E-state index contributed by atoms with van der Waals surface area (Å²) in [4.78, 5) is 32.9. The van der Waals surface area contributed by atoms with Crippen LogP contribution in [0.5, 0.6) is 11.5 Å². The first-order chi connectivity index (χ1) is 24.2. The van der Waals surface area contributed by atoms with E-state index in [1.807, 2.05) is 45.7 Å². The Balaban J connectivity index is 1.17. The van der Waals surface area contributed by atoms with Crippen molar-refractivity contribution in [3.05, 3.63) is 86.3 Å². The van der Waals surface area contributed by atoms with Gasteiger partial charge in [-0.1, -0.05) is 32.9 Å². The molecule has 4 heterocycles. The molecule has 9 nitrogen and oxygen atoms in total. The van der Waals surface area contributed by atoms with Crippen molar-refractivity contribution >= 4 is 11.6 Å². The summed E-state index contributed by atoms with van der Waals surface area (Å²) in [7, 11) is 5.21. The Kier molecular flexibility index (Phi) is 9.86. The first kappa shape index (κ1) is 36.2. The van der Waals surface area contributed by atoms with Crippen molar-refractivity contribution in [2.24, 2.45) is 17.9 Å². The fraction of sp³-hybridized carbons (Fsp3) is 0.500. The van der Waals surface area contributed by atoms with E-state index in [0.717, 1.165) is 91.3 Å². The zero-order valence-corrected chi connectivity index (χ0v) is 31.9. The van der Waals surface area contributed by atoms with Crippen LogP contribution in [0.3, 0.4) is 0 Å². The first-order valence-electron chi connectivity index (χ1n) is 18.1. The number of fused-ring (bicyclic) bond motifs is 1. The van der Waals surface area contributed by atoms with Crippen LogP contribution >= 0.6 is 0 Å². The Hall–Kier alpha value is -4.55. The van der Waals surface area contributed by atoms with Gasteiger partial charge < -0.3 is 23.8 Å². The van der Waals surface area contributed by atoms with Gasteiger partial charge in [-0.25, -0.2) is 0 Å². The van der Waals surface area contributed by atoms with Gasteiger partial charge in [0.1, 0.15) is 23.1 Å². The zero-order chi connectivity index (χ0) is 36.8. The van der Waals surface area contributed by atoms with Crippen LogP contribution in [0.25, 0.3) is 11.1 Å². The first-order valence-corrected chi connectivity index (χ1v) is 18.1. The number of nitriles is 1. The maximum atomic E-state index is 13.5. The van der Waals surface area contributed by atoms with Crippen LogP contribution in [-0.2, 0) is 24.8 Å². The summed E-state index contributed by atoms with van der Waals surface area (Å²) in [5.41, 5.74) is 8.55. The third kappa shape index (κ3) is 7.03. The lowest BCUT2D eigenvalue weighted by Crippen LogP contribution is -2.40. The monoisotopic (exact) mass is 691 g/mol. The number of nitrogens with zero attached hydrogens (tertiary/aromatic N) is 5. The number of rotatable bonds is 7. The number of pyridine rings is 1. The molecule has 1 amide bonds. The van der Waals surface area contributed by atoms with Crippen LogP contribution in [0.1, 0.15) is 74.4 Å². The van der Waals surface area contributed by atoms with Gasteiger partial charge in [-0.15, -0.1) is 0 Å². The number of aromatic nitrogens is 1. The summed E-state index contributed by atoms with van der Waals surface area (Å²) >= 11 is 0. The van der Waals surface area contributed by atoms with Crippen molar-refractivity contribution in [3.63, 3.8) is 0 Å². The van der Waals surface area contributed by atoms with Crippen molar-refractivity contribution < 1.29 is 14.3 Å². The van der Waals surface area contributed by atoms with Crippen molar-refractivity contribution in [2.45, 2.75) is 73.4 Å². The molecule has 3 aliphatic rings. The van der Waals surface area contributed by atoms with Gasteiger partial charge >= 0.3 is 0 Å². The van der Waals surface area contributed by atoms with Gasteiger partial charge in [0.2, 0.25) is 0 Å². The van der Waals surface area contributed by atoms with E-state index >= 15 is 0 Å². The number of likely N-dealkylation sites (tertiary alicyclic amines) is 1. The number of hydrogen-bond donors (Lipinski definition) is 0. The SMILES string of the molecule is COc1cc(-c2cn(C)c(=O)c(C)c2C)cc(OC)c1CN1CCC2(CCN(c3ccc4c(c3)[C@H](C)N(C(=O)/C(C#N)=C/C(C)(C)C)CC4)C2)C1. The number of hydrogen-bond acceptors (Lipinski definition) is 7. The molecule has 2 fully saturated rings. The highest BCUT2D eigenvalue weighted by Crippen LogP contribution is 2.44. The molecular formula is C42H53N5O4. The van der Waals surface area contributed by atoms with Crippen LogP contribution < -0.4 is 19.9 Å². The summed E-state index contributed by atoms with van der Waals surface area (Å²) in [6.07, 6.45) is 6.73. The lowest BCUT2D eigenvalue weighted by atomic mass is 9.86. The smallest absolute Gasteiger partial charge is 0.264 e. The average molecular weight is 692 g/mol. The topological polar surface area (TPSA) is 91.0 Å². The Bertz CT molecular complexity index is 1960. The minimum absolute atomic E-state index is 0.0133. The van der Waals surface area contributed by atoms with Crippen LogP contribution in [0.2, 0.25) is 0 Å². The molecule has 0 bridgehead atoms. The van der Waals surface area contributed by atoms with Crippen LogP contribution in [0, 0.1) is 36.0 Å². The Morgan fingerprint density at radius 3 is 2.35 bits per heavy atom. The predicted molar refractivity (Wildman–Crippen MR) is 202 cm³/mol. The molecule has 0 radical (unpaired) electrons. The summed E-state index contributed by atoms with van der Waals surface area (Å²) in [6, 6.07) is 13.0. The second-order valence-corrected chi connectivity index (χ2v) is 16.0. The van der Waals surface area contributed by atoms with Crippen LogP contribution in [0.4, 0.5) is 5.69 Å². The minimum Gasteiger partial charge on any atom is -0.496 e. The Morgan fingerprint density at radius 1 is 1.02 bits per heavy atom. The lowest BCUT2D eigenvalue weighted by molar-refractivity contribution is -0.129. The maximum absolute atomic E-state index is 13.5.